The molecule has 1 aliphatic heterocycles. The largest absolute Gasteiger partial charge is 0.282 e. The summed E-state index contributed by atoms with van der Waals surface area (Å²) in [5.74, 6) is 0.604. The summed E-state index contributed by atoms with van der Waals surface area (Å²) in [6, 6.07) is 0. The Morgan fingerprint density at radius 2 is 1.15 bits per heavy atom. The Morgan fingerprint density at radius 3 is 1.48 bits per heavy atom. The predicted octanol–water partition coefficient (Wildman–Crippen LogP) is 6.18. The minimum Gasteiger partial charge on any atom is -0.282 e. The quantitative estimate of drug-likeness (QED) is 0.532. The van der Waals surface area contributed by atoms with Gasteiger partial charge in [0.1, 0.15) is 0 Å². The lowest BCUT2D eigenvalue weighted by atomic mass is 9.25. The van der Waals surface area contributed by atoms with Crippen molar-refractivity contribution >= 4 is 0 Å². The molecular formula is C25H46N2. The highest BCUT2D eigenvalue weighted by atomic mass is 15.5. The summed E-state index contributed by atoms with van der Waals surface area (Å²) < 4.78 is 0. The van der Waals surface area contributed by atoms with E-state index in [2.05, 4.69) is 107 Å². The molecule has 0 spiro atoms. The van der Waals surface area contributed by atoms with Crippen LogP contribution in [0.15, 0.2) is 11.1 Å². The molecule has 0 radical (unpaired) electrons. The minimum atomic E-state index is 0.0717. The van der Waals surface area contributed by atoms with Crippen molar-refractivity contribution in [2.75, 3.05) is 13.6 Å². The van der Waals surface area contributed by atoms with Crippen LogP contribution in [0.5, 0.6) is 0 Å². The van der Waals surface area contributed by atoms with Gasteiger partial charge in [0.25, 0.3) is 0 Å². The number of nitrogens with zero attached hydrogens (tertiary/aromatic N) is 2. The van der Waals surface area contributed by atoms with Gasteiger partial charge in [-0.15, -0.1) is 0 Å². The highest BCUT2D eigenvalue weighted by Gasteiger charge is 2.86. The lowest BCUT2D eigenvalue weighted by molar-refractivity contribution is -0.263. The monoisotopic (exact) mass is 374 g/mol. The highest BCUT2D eigenvalue weighted by Crippen LogP contribution is 2.83. The maximum absolute atomic E-state index is 2.88. The van der Waals surface area contributed by atoms with E-state index in [9.17, 15) is 0 Å². The highest BCUT2D eigenvalue weighted by molar-refractivity contribution is 5.52. The van der Waals surface area contributed by atoms with Crippen molar-refractivity contribution in [1.29, 1.82) is 0 Å². The molecule has 0 aromatic rings. The summed E-state index contributed by atoms with van der Waals surface area (Å²) in [6.07, 6.45) is 0.479. The molecular weight excluding hydrogens is 328 g/mol. The van der Waals surface area contributed by atoms with Gasteiger partial charge >= 0.3 is 0 Å². The molecule has 5 unspecified atom stereocenters. The van der Waals surface area contributed by atoms with Crippen LogP contribution in [-0.4, -0.2) is 40.6 Å². The second kappa shape index (κ2) is 5.22. The SMILES string of the molecule is CCN1C(C(C)C)N(C)C2(C)C3(C)C(C)=C(C)C(C)(C(C)(C)C3(C)C)C12C. The van der Waals surface area contributed by atoms with Gasteiger partial charge in [-0.2, -0.15) is 0 Å². The van der Waals surface area contributed by atoms with Gasteiger partial charge in [0.05, 0.1) is 6.17 Å². The molecule has 0 aromatic heterocycles. The molecule has 2 heteroatoms. The van der Waals surface area contributed by atoms with E-state index >= 15 is 0 Å². The Kier molecular flexibility index (Phi) is 4.13. The van der Waals surface area contributed by atoms with Gasteiger partial charge in [-0.1, -0.05) is 73.5 Å². The van der Waals surface area contributed by atoms with Gasteiger partial charge in [0, 0.05) is 21.9 Å². The zero-order valence-corrected chi connectivity index (χ0v) is 20.8. The van der Waals surface area contributed by atoms with Crippen LogP contribution >= 0.6 is 0 Å². The lowest BCUT2D eigenvalue weighted by Crippen LogP contribution is -2.86. The smallest absolute Gasteiger partial charge is 0.0654 e. The van der Waals surface area contributed by atoms with Crippen molar-refractivity contribution in [3.63, 3.8) is 0 Å². The van der Waals surface area contributed by atoms with E-state index in [4.69, 9.17) is 0 Å². The number of hydrogen-bond donors (Lipinski definition) is 0. The molecule has 4 rings (SSSR count). The molecule has 2 fully saturated rings. The summed E-state index contributed by atoms with van der Waals surface area (Å²) >= 11 is 0. The molecule has 1 saturated heterocycles. The van der Waals surface area contributed by atoms with Crippen molar-refractivity contribution in [2.24, 2.45) is 27.6 Å². The second-order valence-corrected chi connectivity index (χ2v) is 11.9. The Labute approximate surface area is 169 Å². The van der Waals surface area contributed by atoms with Crippen molar-refractivity contribution in [2.45, 2.75) is 107 Å². The molecule has 0 aromatic carbocycles. The van der Waals surface area contributed by atoms with Gasteiger partial charge in [-0.3, -0.25) is 9.80 Å². The first-order valence-corrected chi connectivity index (χ1v) is 11.2. The van der Waals surface area contributed by atoms with E-state index in [1.54, 1.807) is 11.1 Å². The Bertz CT molecular complexity index is 701. The van der Waals surface area contributed by atoms with E-state index in [1.165, 1.54) is 0 Å². The fourth-order valence-corrected chi connectivity index (χ4v) is 9.17. The third-order valence-corrected chi connectivity index (χ3v) is 12.0. The number of fused-ring (bicyclic) bond motifs is 1. The van der Waals surface area contributed by atoms with Crippen molar-refractivity contribution in [1.82, 2.24) is 9.80 Å². The van der Waals surface area contributed by atoms with Crippen LogP contribution < -0.4 is 0 Å². The van der Waals surface area contributed by atoms with Gasteiger partial charge < -0.3 is 0 Å². The van der Waals surface area contributed by atoms with Crippen LogP contribution in [0.2, 0.25) is 0 Å². The topological polar surface area (TPSA) is 6.48 Å². The third-order valence-electron chi connectivity index (χ3n) is 12.0. The maximum Gasteiger partial charge on any atom is 0.0654 e. The predicted molar refractivity (Wildman–Crippen MR) is 118 cm³/mol. The maximum atomic E-state index is 2.88. The lowest BCUT2D eigenvalue weighted by Gasteiger charge is -2.82. The molecule has 0 N–H and O–H groups in total. The first kappa shape index (κ1) is 21.4. The first-order chi connectivity index (χ1) is 12.0. The number of hydrogen-bond acceptors (Lipinski definition) is 2. The molecule has 2 bridgehead atoms. The van der Waals surface area contributed by atoms with Gasteiger partial charge in [0.15, 0.2) is 0 Å². The minimum absolute atomic E-state index is 0.0717. The van der Waals surface area contributed by atoms with Gasteiger partial charge in [-0.05, 0) is 58.0 Å². The van der Waals surface area contributed by atoms with Crippen LogP contribution in [0, 0.1) is 27.6 Å². The third kappa shape index (κ3) is 1.57. The van der Waals surface area contributed by atoms with Crippen molar-refractivity contribution in [3.8, 4) is 0 Å². The summed E-state index contributed by atoms with van der Waals surface area (Å²) in [6.45, 7) is 33.8. The van der Waals surface area contributed by atoms with Crippen LogP contribution in [0.25, 0.3) is 0 Å². The molecule has 4 aliphatic rings. The van der Waals surface area contributed by atoms with Crippen LogP contribution in [-0.2, 0) is 0 Å². The molecule has 156 valence electrons. The summed E-state index contributed by atoms with van der Waals surface area (Å²) in [4.78, 5) is 5.66. The van der Waals surface area contributed by atoms with Crippen molar-refractivity contribution in [3.05, 3.63) is 11.1 Å². The summed E-state index contributed by atoms with van der Waals surface area (Å²) in [5.41, 5.74) is 4.02. The average molecular weight is 375 g/mol. The zero-order valence-electron chi connectivity index (χ0n) is 20.8. The average Bonchev–Trinajstić information content (AvgIpc) is 2.76. The van der Waals surface area contributed by atoms with Crippen LogP contribution in [0.1, 0.15) is 90.0 Å². The van der Waals surface area contributed by atoms with Gasteiger partial charge in [-0.25, -0.2) is 0 Å². The molecule has 2 nitrogen and oxygen atoms in total. The molecule has 1 heterocycles. The Balaban J connectivity index is 2.55. The van der Waals surface area contributed by atoms with E-state index in [1.807, 2.05) is 0 Å². The van der Waals surface area contributed by atoms with E-state index in [-0.39, 0.29) is 32.7 Å². The molecule has 5 atom stereocenters. The normalized spacial score (nSPS) is 49.2. The summed E-state index contributed by atoms with van der Waals surface area (Å²) in [5, 5.41) is 0. The van der Waals surface area contributed by atoms with E-state index in [0.717, 1.165) is 6.54 Å². The molecule has 27 heavy (non-hydrogen) atoms. The Hall–Kier alpha value is -0.340. The second-order valence-electron chi connectivity index (χ2n) is 11.9. The molecule has 0 amide bonds. The molecule has 1 saturated carbocycles. The summed E-state index contributed by atoms with van der Waals surface area (Å²) in [7, 11) is 2.42. The fourth-order valence-electron chi connectivity index (χ4n) is 9.17. The fraction of sp³-hybridized carbons (Fsp3) is 0.920. The number of likely N-dealkylation sites (N-methyl/N-ethyl adjacent to an activating group) is 2. The van der Waals surface area contributed by atoms with Gasteiger partial charge in [0.2, 0.25) is 0 Å². The number of rotatable bonds is 2. The van der Waals surface area contributed by atoms with Crippen LogP contribution in [0.3, 0.4) is 0 Å². The van der Waals surface area contributed by atoms with E-state index < -0.39 is 0 Å². The van der Waals surface area contributed by atoms with Crippen molar-refractivity contribution < 1.29 is 0 Å². The molecule has 3 aliphatic carbocycles. The van der Waals surface area contributed by atoms with Crippen LogP contribution in [0.4, 0.5) is 0 Å². The first-order valence-electron chi connectivity index (χ1n) is 11.2. The zero-order chi connectivity index (χ0) is 21.2. The van der Waals surface area contributed by atoms with E-state index in [0.29, 0.717) is 12.1 Å². The standard InChI is InChI=1S/C25H46N2/c1-15-27-19(16(2)3)26(14)24(12)22(10)17(4)18(5)23(11,25(24,27)13)21(8,9)20(22,6)7/h16,19H,15H2,1-14H3. The Morgan fingerprint density at radius 1 is 0.778 bits per heavy atom.